The number of pyridine rings is 1. The number of carbonyl (C=O) groups excluding carboxylic acids is 1. The molecule has 0 spiro atoms. The highest BCUT2D eigenvalue weighted by molar-refractivity contribution is 5.96. The summed E-state index contributed by atoms with van der Waals surface area (Å²) < 4.78 is 1.85. The van der Waals surface area contributed by atoms with E-state index in [9.17, 15) is 19.7 Å². The number of aromatic nitrogens is 1. The molecule has 2 bridgehead atoms. The number of hydrogen-bond acceptors (Lipinski definition) is 5. The summed E-state index contributed by atoms with van der Waals surface area (Å²) in [5, 5.41) is 12.1. The van der Waals surface area contributed by atoms with Crippen LogP contribution >= 0.6 is 0 Å². The Morgan fingerprint density at radius 3 is 2.63 bits per heavy atom. The van der Waals surface area contributed by atoms with E-state index in [1.807, 2.05) is 28.8 Å². The third-order valence-electron chi connectivity index (χ3n) is 7.66. The molecular weight excluding hydrogens is 444 g/mol. The lowest BCUT2D eigenvalue weighted by Crippen LogP contribution is -2.47. The van der Waals surface area contributed by atoms with Crippen LogP contribution in [0.4, 0.5) is 11.4 Å². The van der Waals surface area contributed by atoms with Crippen LogP contribution in [0.25, 0.3) is 0 Å². The van der Waals surface area contributed by atoms with Gasteiger partial charge in [0.05, 0.1) is 4.92 Å². The highest BCUT2D eigenvalue weighted by atomic mass is 16.6. The van der Waals surface area contributed by atoms with Crippen LogP contribution in [0.5, 0.6) is 0 Å². The van der Waals surface area contributed by atoms with Crippen molar-refractivity contribution >= 4 is 17.3 Å². The maximum atomic E-state index is 13.3. The lowest BCUT2D eigenvalue weighted by Gasteiger charge is -2.43. The number of fused-ring (bicyclic) bond motifs is 5. The maximum absolute atomic E-state index is 13.3. The van der Waals surface area contributed by atoms with E-state index in [4.69, 9.17) is 0 Å². The summed E-state index contributed by atoms with van der Waals surface area (Å²) in [4.78, 5) is 41.1. The zero-order valence-corrected chi connectivity index (χ0v) is 19.3. The molecule has 178 valence electrons. The Bertz CT molecular complexity index is 1400. The molecule has 2 atom stereocenters. The molecule has 0 radical (unpaired) electrons. The summed E-state index contributed by atoms with van der Waals surface area (Å²) >= 11 is 0. The molecule has 2 aromatic carbocycles. The molecule has 3 aliphatic heterocycles. The van der Waals surface area contributed by atoms with Crippen LogP contribution in [0.15, 0.2) is 65.5 Å². The Morgan fingerprint density at radius 2 is 1.80 bits per heavy atom. The number of nitrogens with zero attached hydrogens (tertiary/aromatic N) is 4. The van der Waals surface area contributed by atoms with Gasteiger partial charge in [-0.25, -0.2) is 0 Å². The molecule has 0 saturated carbocycles. The summed E-state index contributed by atoms with van der Waals surface area (Å²) in [5.74, 6) is 0.208. The van der Waals surface area contributed by atoms with Crippen LogP contribution in [0.2, 0.25) is 0 Å². The summed E-state index contributed by atoms with van der Waals surface area (Å²) in [5.41, 5.74) is 4.22. The van der Waals surface area contributed by atoms with E-state index >= 15 is 0 Å². The van der Waals surface area contributed by atoms with Gasteiger partial charge in [-0.2, -0.15) is 0 Å². The minimum atomic E-state index is -0.388. The average Bonchev–Trinajstić information content (AvgIpc) is 2.88. The third kappa shape index (κ3) is 3.79. The highest BCUT2D eigenvalue weighted by Crippen LogP contribution is 2.40. The minimum Gasteiger partial charge on any atom is -0.365 e. The number of nitro benzene ring substituents is 1. The van der Waals surface area contributed by atoms with Crippen molar-refractivity contribution in [2.75, 3.05) is 24.5 Å². The van der Waals surface area contributed by atoms with Gasteiger partial charge in [0.1, 0.15) is 5.69 Å². The number of nitro groups is 1. The Hall–Kier alpha value is -3.94. The lowest BCUT2D eigenvalue weighted by molar-refractivity contribution is -0.384. The first-order valence-corrected chi connectivity index (χ1v) is 12.1. The van der Waals surface area contributed by atoms with Crippen molar-refractivity contribution in [1.29, 1.82) is 0 Å². The summed E-state index contributed by atoms with van der Waals surface area (Å²) in [6.45, 7) is 2.99. The van der Waals surface area contributed by atoms with E-state index in [1.54, 1.807) is 29.2 Å². The van der Waals surface area contributed by atoms with Crippen LogP contribution in [0.1, 0.15) is 39.5 Å². The Labute approximate surface area is 202 Å². The first-order chi connectivity index (χ1) is 17.0. The molecule has 1 aromatic heterocycles. The molecule has 0 aliphatic carbocycles. The van der Waals surface area contributed by atoms with Gasteiger partial charge in [-0.3, -0.25) is 19.7 Å². The van der Waals surface area contributed by atoms with Gasteiger partial charge in [-0.05, 0) is 48.1 Å². The Balaban J connectivity index is 1.28. The van der Waals surface area contributed by atoms with Crippen molar-refractivity contribution in [2.24, 2.45) is 5.92 Å². The minimum absolute atomic E-state index is 0.0137. The van der Waals surface area contributed by atoms with E-state index in [1.165, 1.54) is 11.6 Å². The predicted octanol–water partition coefficient (Wildman–Crippen LogP) is 3.58. The van der Waals surface area contributed by atoms with Crippen molar-refractivity contribution in [3.05, 3.63) is 104 Å². The van der Waals surface area contributed by atoms with E-state index in [0.29, 0.717) is 44.0 Å². The first-order valence-electron chi connectivity index (χ1n) is 12.1. The van der Waals surface area contributed by atoms with Crippen molar-refractivity contribution in [3.63, 3.8) is 0 Å². The number of piperidine rings is 1. The second kappa shape index (κ2) is 8.37. The van der Waals surface area contributed by atoms with Gasteiger partial charge in [0.15, 0.2) is 0 Å². The highest BCUT2D eigenvalue weighted by Gasteiger charge is 2.36. The molecule has 4 heterocycles. The fourth-order valence-electron chi connectivity index (χ4n) is 6.01. The molecule has 2 unspecified atom stereocenters. The van der Waals surface area contributed by atoms with E-state index in [2.05, 4.69) is 11.0 Å². The second-order valence-electron chi connectivity index (χ2n) is 9.81. The van der Waals surface area contributed by atoms with Crippen molar-refractivity contribution in [2.45, 2.75) is 31.8 Å². The van der Waals surface area contributed by atoms with Crippen LogP contribution < -0.4 is 10.5 Å². The molecule has 3 aliphatic rings. The van der Waals surface area contributed by atoms with Crippen molar-refractivity contribution in [1.82, 2.24) is 9.47 Å². The number of amides is 1. The molecule has 35 heavy (non-hydrogen) atoms. The largest absolute Gasteiger partial charge is 0.365 e. The molecule has 1 fully saturated rings. The zero-order valence-electron chi connectivity index (χ0n) is 19.3. The van der Waals surface area contributed by atoms with Gasteiger partial charge in [-0.15, -0.1) is 0 Å². The molecular formula is C27H26N4O4. The average molecular weight is 471 g/mol. The van der Waals surface area contributed by atoms with Gasteiger partial charge >= 0.3 is 0 Å². The first kappa shape index (κ1) is 21.6. The van der Waals surface area contributed by atoms with Gasteiger partial charge in [-0.1, -0.05) is 30.3 Å². The standard InChI is InChI=1S/C27H26N4O4/c32-26-7-3-6-23-22-12-18(15-30(23)26)14-29(17-22)24-9-8-20(13-25(24)31(34)35)27(33)28-11-10-19-4-1-2-5-21(19)16-28/h1-9,13,18,22H,10-12,14-17H2. The Morgan fingerprint density at radius 1 is 0.971 bits per heavy atom. The lowest BCUT2D eigenvalue weighted by atomic mass is 9.83. The molecule has 1 saturated heterocycles. The monoisotopic (exact) mass is 470 g/mol. The van der Waals surface area contributed by atoms with Crippen molar-refractivity contribution < 1.29 is 9.72 Å². The zero-order chi connectivity index (χ0) is 24.1. The van der Waals surface area contributed by atoms with Crippen LogP contribution in [0.3, 0.4) is 0 Å². The van der Waals surface area contributed by atoms with E-state index in [-0.39, 0.29) is 33.9 Å². The SMILES string of the molecule is O=C(c1ccc(N2CC3CC(C2)c2cccc(=O)n2C3)c([N+](=O)[O-])c1)N1CCc2ccccc2C1. The van der Waals surface area contributed by atoms with Crippen LogP contribution in [-0.4, -0.2) is 39.9 Å². The summed E-state index contributed by atoms with van der Waals surface area (Å²) in [6.07, 6.45) is 1.75. The maximum Gasteiger partial charge on any atom is 0.293 e. The number of benzene rings is 2. The number of anilines is 1. The van der Waals surface area contributed by atoms with Crippen molar-refractivity contribution in [3.8, 4) is 0 Å². The summed E-state index contributed by atoms with van der Waals surface area (Å²) in [7, 11) is 0. The molecule has 1 amide bonds. The van der Waals surface area contributed by atoms with Gasteiger partial charge < -0.3 is 14.4 Å². The smallest absolute Gasteiger partial charge is 0.293 e. The topological polar surface area (TPSA) is 88.7 Å². The predicted molar refractivity (Wildman–Crippen MR) is 132 cm³/mol. The normalized spacial score (nSPS) is 20.7. The molecule has 6 rings (SSSR count). The Kier molecular flexibility index (Phi) is 5.16. The van der Waals surface area contributed by atoms with Gasteiger partial charge in [0, 0.05) is 62.0 Å². The number of hydrogen-bond donors (Lipinski definition) is 0. The van der Waals surface area contributed by atoms with Gasteiger partial charge in [0.2, 0.25) is 0 Å². The van der Waals surface area contributed by atoms with E-state index in [0.717, 1.165) is 24.1 Å². The third-order valence-corrected chi connectivity index (χ3v) is 7.66. The second-order valence-corrected chi connectivity index (χ2v) is 9.81. The number of carbonyl (C=O) groups is 1. The summed E-state index contributed by atoms with van der Waals surface area (Å²) in [6, 6.07) is 18.3. The molecule has 8 nitrogen and oxygen atoms in total. The fraction of sp³-hybridized carbons (Fsp3) is 0.333. The van der Waals surface area contributed by atoms with Crippen LogP contribution in [-0.2, 0) is 19.5 Å². The van der Waals surface area contributed by atoms with Gasteiger partial charge in [0.25, 0.3) is 17.2 Å². The molecule has 0 N–H and O–H groups in total. The fourth-order valence-corrected chi connectivity index (χ4v) is 6.01. The quantitative estimate of drug-likeness (QED) is 0.431. The number of rotatable bonds is 3. The van der Waals surface area contributed by atoms with E-state index < -0.39 is 0 Å². The van der Waals surface area contributed by atoms with Crippen LogP contribution in [0, 0.1) is 16.0 Å². The molecule has 3 aromatic rings. The molecule has 8 heteroatoms.